The van der Waals surface area contributed by atoms with E-state index in [0.29, 0.717) is 19.1 Å². The zero-order valence-corrected chi connectivity index (χ0v) is 14.4. The normalized spacial score (nSPS) is 20.9. The van der Waals surface area contributed by atoms with E-state index < -0.39 is 0 Å². The lowest BCUT2D eigenvalue weighted by atomic mass is 9.99. The van der Waals surface area contributed by atoms with Gasteiger partial charge in [0.15, 0.2) is 0 Å². The number of aryl methyl sites for hydroxylation is 1. The van der Waals surface area contributed by atoms with Gasteiger partial charge in [0.2, 0.25) is 5.91 Å². The highest BCUT2D eigenvalue weighted by molar-refractivity contribution is 5.78. The molecule has 0 saturated carbocycles. The highest BCUT2D eigenvalue weighted by Gasteiger charge is 2.31. The number of carbonyl (C=O) groups excluding carboxylic acids is 1. The average molecular weight is 330 g/mol. The summed E-state index contributed by atoms with van der Waals surface area (Å²) in [4.78, 5) is 21.8. The van der Waals surface area contributed by atoms with E-state index in [9.17, 15) is 4.79 Å². The molecule has 6 heteroatoms. The molecule has 130 valence electrons. The Morgan fingerprint density at radius 1 is 1.46 bits per heavy atom. The number of aromatic amines is 1. The molecule has 2 atom stereocenters. The van der Waals surface area contributed by atoms with Crippen molar-refractivity contribution in [1.29, 1.82) is 0 Å². The second-order valence-corrected chi connectivity index (χ2v) is 6.71. The predicted molar refractivity (Wildman–Crippen MR) is 93.4 cm³/mol. The number of ether oxygens (including phenoxy) is 1. The first-order valence-electron chi connectivity index (χ1n) is 8.63. The van der Waals surface area contributed by atoms with E-state index in [-0.39, 0.29) is 18.6 Å². The number of aromatic nitrogens is 2. The fraction of sp³-hybridized carbons (Fsp3) is 0.556. The van der Waals surface area contributed by atoms with E-state index in [1.807, 2.05) is 24.0 Å². The molecule has 1 aromatic heterocycles. The van der Waals surface area contributed by atoms with Crippen LogP contribution < -0.4 is 5.73 Å². The summed E-state index contributed by atoms with van der Waals surface area (Å²) in [5.74, 6) is 1.17. The Morgan fingerprint density at radius 3 is 3.08 bits per heavy atom. The molecule has 2 aromatic rings. The molecule has 0 aliphatic carbocycles. The van der Waals surface area contributed by atoms with Crippen LogP contribution in [0, 0.1) is 12.8 Å². The van der Waals surface area contributed by atoms with Crippen molar-refractivity contribution in [3.05, 3.63) is 29.6 Å². The summed E-state index contributed by atoms with van der Waals surface area (Å²) in [6.45, 7) is 5.95. The second kappa shape index (κ2) is 7.32. The molecule has 24 heavy (non-hydrogen) atoms. The van der Waals surface area contributed by atoms with E-state index in [0.717, 1.165) is 36.2 Å². The number of hydrogen-bond acceptors (Lipinski definition) is 4. The van der Waals surface area contributed by atoms with Gasteiger partial charge < -0.3 is 20.4 Å². The van der Waals surface area contributed by atoms with Gasteiger partial charge in [-0.15, -0.1) is 0 Å². The minimum absolute atomic E-state index is 0.0102. The van der Waals surface area contributed by atoms with Crippen molar-refractivity contribution in [2.24, 2.45) is 11.7 Å². The highest BCUT2D eigenvalue weighted by atomic mass is 16.5. The zero-order chi connectivity index (χ0) is 17.1. The first-order valence-corrected chi connectivity index (χ1v) is 8.63. The minimum atomic E-state index is 0.0102. The third kappa shape index (κ3) is 3.76. The van der Waals surface area contributed by atoms with Crippen molar-refractivity contribution in [2.75, 3.05) is 19.7 Å². The van der Waals surface area contributed by atoms with Crippen LogP contribution in [0.1, 0.15) is 31.2 Å². The van der Waals surface area contributed by atoms with Gasteiger partial charge in [-0.2, -0.15) is 0 Å². The summed E-state index contributed by atoms with van der Waals surface area (Å²) >= 11 is 0. The summed E-state index contributed by atoms with van der Waals surface area (Å²) in [5.41, 5.74) is 9.21. The maximum Gasteiger partial charge on any atom is 0.248 e. The molecule has 0 radical (unpaired) electrons. The second-order valence-electron chi connectivity index (χ2n) is 6.71. The Kier molecular flexibility index (Phi) is 5.16. The molecule has 3 rings (SSSR count). The molecule has 1 fully saturated rings. The Morgan fingerprint density at radius 2 is 2.29 bits per heavy atom. The van der Waals surface area contributed by atoms with Crippen LogP contribution in [-0.4, -0.2) is 46.5 Å². The number of likely N-dealkylation sites (tertiary alicyclic amines) is 1. The molecular weight excluding hydrogens is 304 g/mol. The van der Waals surface area contributed by atoms with Crippen molar-refractivity contribution < 1.29 is 9.53 Å². The fourth-order valence-electron chi connectivity index (χ4n) is 3.35. The Labute approximate surface area is 142 Å². The third-order valence-corrected chi connectivity index (χ3v) is 4.65. The zero-order valence-electron chi connectivity index (χ0n) is 14.4. The van der Waals surface area contributed by atoms with Crippen LogP contribution in [0.4, 0.5) is 0 Å². The Balaban J connectivity index is 1.49. The molecule has 1 saturated heterocycles. The number of H-pyrrole nitrogens is 1. The molecule has 0 bridgehead atoms. The molecule has 1 amide bonds. The molecule has 1 aliphatic rings. The van der Waals surface area contributed by atoms with Crippen LogP contribution in [0.25, 0.3) is 11.0 Å². The molecule has 1 aromatic carbocycles. The van der Waals surface area contributed by atoms with Crippen LogP contribution in [0.5, 0.6) is 0 Å². The fourth-order valence-corrected chi connectivity index (χ4v) is 3.35. The van der Waals surface area contributed by atoms with Gasteiger partial charge in [0.1, 0.15) is 19.0 Å². The summed E-state index contributed by atoms with van der Waals surface area (Å²) < 4.78 is 5.56. The van der Waals surface area contributed by atoms with Crippen molar-refractivity contribution in [1.82, 2.24) is 14.9 Å². The number of nitrogens with zero attached hydrogens (tertiary/aromatic N) is 2. The third-order valence-electron chi connectivity index (χ3n) is 4.65. The first kappa shape index (κ1) is 16.9. The summed E-state index contributed by atoms with van der Waals surface area (Å²) in [6.07, 6.45) is 2.17. The maximum atomic E-state index is 12.3. The monoisotopic (exact) mass is 330 g/mol. The topological polar surface area (TPSA) is 84.2 Å². The number of imidazole rings is 1. The van der Waals surface area contributed by atoms with Gasteiger partial charge in [0, 0.05) is 19.1 Å². The summed E-state index contributed by atoms with van der Waals surface area (Å²) in [7, 11) is 0. The van der Waals surface area contributed by atoms with E-state index in [1.54, 1.807) is 0 Å². The van der Waals surface area contributed by atoms with Crippen molar-refractivity contribution in [3.8, 4) is 0 Å². The van der Waals surface area contributed by atoms with Gasteiger partial charge in [-0.3, -0.25) is 4.79 Å². The minimum Gasteiger partial charge on any atom is -0.364 e. The van der Waals surface area contributed by atoms with Crippen LogP contribution in [0.3, 0.4) is 0 Å². The predicted octanol–water partition coefficient (Wildman–Crippen LogP) is 1.97. The number of nitrogens with one attached hydrogen (secondary N) is 1. The van der Waals surface area contributed by atoms with Gasteiger partial charge in [-0.1, -0.05) is 19.4 Å². The number of rotatable bonds is 6. The number of hydrogen-bond donors (Lipinski definition) is 2. The number of nitrogens with two attached hydrogens (primary N) is 1. The molecule has 0 unspecified atom stereocenters. The van der Waals surface area contributed by atoms with Gasteiger partial charge in [-0.05, 0) is 37.0 Å². The van der Waals surface area contributed by atoms with Crippen LogP contribution in [-0.2, 0) is 16.1 Å². The van der Waals surface area contributed by atoms with Gasteiger partial charge >= 0.3 is 0 Å². The molecule has 2 heterocycles. The van der Waals surface area contributed by atoms with Crippen molar-refractivity contribution in [2.45, 2.75) is 39.3 Å². The van der Waals surface area contributed by atoms with E-state index in [4.69, 9.17) is 10.5 Å². The molecule has 6 nitrogen and oxygen atoms in total. The standard InChI is InChI=1S/C18H26N4O2/c1-3-4-13-8-22(9-14(13)19)18(23)11-24-10-17-20-15-6-5-12(2)7-16(15)21-17/h5-7,13-14H,3-4,8-11,19H2,1-2H3,(H,20,21)/t13-,14-/m1/s1. The van der Waals surface area contributed by atoms with Crippen LogP contribution >= 0.6 is 0 Å². The highest BCUT2D eigenvalue weighted by Crippen LogP contribution is 2.20. The lowest BCUT2D eigenvalue weighted by Crippen LogP contribution is -2.34. The SMILES string of the molecule is CCC[C@@H]1CN(C(=O)COCc2nc3ccc(C)cc3[nH]2)C[C@H]1N. The summed E-state index contributed by atoms with van der Waals surface area (Å²) in [6, 6.07) is 6.15. The van der Waals surface area contributed by atoms with E-state index in [1.165, 1.54) is 5.56 Å². The largest absolute Gasteiger partial charge is 0.364 e. The number of fused-ring (bicyclic) bond motifs is 1. The Bertz CT molecular complexity index is 712. The lowest BCUT2D eigenvalue weighted by Gasteiger charge is -2.16. The van der Waals surface area contributed by atoms with Crippen molar-refractivity contribution >= 4 is 16.9 Å². The number of benzene rings is 1. The lowest BCUT2D eigenvalue weighted by molar-refractivity contribution is -0.135. The van der Waals surface area contributed by atoms with Gasteiger partial charge in [0.05, 0.1) is 11.0 Å². The first-order chi connectivity index (χ1) is 11.6. The molecule has 1 aliphatic heterocycles. The molecule has 3 N–H and O–H groups in total. The van der Waals surface area contributed by atoms with Crippen molar-refractivity contribution in [3.63, 3.8) is 0 Å². The smallest absolute Gasteiger partial charge is 0.248 e. The number of carbonyl (C=O) groups is 1. The van der Waals surface area contributed by atoms with Gasteiger partial charge in [0.25, 0.3) is 0 Å². The molecular formula is C18H26N4O2. The van der Waals surface area contributed by atoms with E-state index in [2.05, 4.69) is 23.0 Å². The van der Waals surface area contributed by atoms with Crippen LogP contribution in [0.2, 0.25) is 0 Å². The Hall–Kier alpha value is -1.92. The van der Waals surface area contributed by atoms with Gasteiger partial charge in [-0.25, -0.2) is 4.98 Å². The quantitative estimate of drug-likeness (QED) is 0.848. The number of amides is 1. The van der Waals surface area contributed by atoms with E-state index >= 15 is 0 Å². The maximum absolute atomic E-state index is 12.3. The average Bonchev–Trinajstić information content (AvgIpc) is 3.11. The summed E-state index contributed by atoms with van der Waals surface area (Å²) in [5, 5.41) is 0. The van der Waals surface area contributed by atoms with Crippen LogP contribution in [0.15, 0.2) is 18.2 Å². The molecule has 0 spiro atoms.